The molecular formula is C19H18N4O3S. The SMILES string of the molecule is COc1cccc(C(=O)N[C@H](C)C(=O)Nc2nnc(-c3ccccc3)s2)c1. The Morgan fingerprint density at radius 3 is 2.59 bits per heavy atom. The highest BCUT2D eigenvalue weighted by Gasteiger charge is 2.18. The number of hydrogen-bond acceptors (Lipinski definition) is 6. The van der Waals surface area contributed by atoms with Gasteiger partial charge in [0.2, 0.25) is 11.0 Å². The van der Waals surface area contributed by atoms with E-state index in [4.69, 9.17) is 4.74 Å². The van der Waals surface area contributed by atoms with E-state index in [1.54, 1.807) is 31.2 Å². The Hall–Kier alpha value is -3.26. The van der Waals surface area contributed by atoms with E-state index in [-0.39, 0.29) is 11.8 Å². The monoisotopic (exact) mass is 382 g/mol. The van der Waals surface area contributed by atoms with Crippen LogP contribution in [0.4, 0.5) is 5.13 Å². The zero-order valence-corrected chi connectivity index (χ0v) is 15.6. The maximum Gasteiger partial charge on any atom is 0.252 e. The summed E-state index contributed by atoms with van der Waals surface area (Å²) in [6, 6.07) is 15.5. The fourth-order valence-electron chi connectivity index (χ4n) is 2.29. The summed E-state index contributed by atoms with van der Waals surface area (Å²) in [4.78, 5) is 24.6. The number of methoxy groups -OCH3 is 1. The quantitative estimate of drug-likeness (QED) is 0.684. The molecule has 0 aliphatic rings. The van der Waals surface area contributed by atoms with Crippen molar-refractivity contribution in [2.45, 2.75) is 13.0 Å². The second-order valence-electron chi connectivity index (χ2n) is 5.69. The summed E-state index contributed by atoms with van der Waals surface area (Å²) in [5, 5.41) is 14.5. The lowest BCUT2D eigenvalue weighted by atomic mass is 10.2. The molecule has 2 N–H and O–H groups in total. The number of nitrogens with one attached hydrogen (secondary N) is 2. The largest absolute Gasteiger partial charge is 0.497 e. The van der Waals surface area contributed by atoms with Crippen LogP contribution in [0.25, 0.3) is 10.6 Å². The summed E-state index contributed by atoms with van der Waals surface area (Å²) in [7, 11) is 1.53. The number of nitrogens with zero attached hydrogens (tertiary/aromatic N) is 2. The van der Waals surface area contributed by atoms with Crippen LogP contribution in [0.15, 0.2) is 54.6 Å². The van der Waals surface area contributed by atoms with Gasteiger partial charge < -0.3 is 10.1 Å². The maximum atomic E-state index is 12.3. The van der Waals surface area contributed by atoms with Crippen molar-refractivity contribution in [3.8, 4) is 16.3 Å². The van der Waals surface area contributed by atoms with Gasteiger partial charge in [-0.1, -0.05) is 47.7 Å². The van der Waals surface area contributed by atoms with Crippen molar-refractivity contribution in [2.75, 3.05) is 12.4 Å². The molecule has 1 heterocycles. The molecule has 0 spiro atoms. The van der Waals surface area contributed by atoms with Crippen LogP contribution in [0.2, 0.25) is 0 Å². The first-order chi connectivity index (χ1) is 13.1. The third-order valence-corrected chi connectivity index (χ3v) is 4.64. The Kier molecular flexibility index (Phi) is 5.77. The highest BCUT2D eigenvalue weighted by Crippen LogP contribution is 2.25. The summed E-state index contributed by atoms with van der Waals surface area (Å²) in [5.41, 5.74) is 1.34. The molecule has 1 atom stereocenters. The minimum Gasteiger partial charge on any atom is -0.497 e. The number of anilines is 1. The van der Waals surface area contributed by atoms with E-state index in [1.165, 1.54) is 18.4 Å². The molecule has 2 amide bonds. The normalized spacial score (nSPS) is 11.5. The van der Waals surface area contributed by atoms with Gasteiger partial charge in [-0.25, -0.2) is 0 Å². The number of carbonyl (C=O) groups is 2. The van der Waals surface area contributed by atoms with E-state index in [0.29, 0.717) is 21.5 Å². The summed E-state index contributed by atoms with van der Waals surface area (Å²) in [5.74, 6) is -0.164. The summed E-state index contributed by atoms with van der Waals surface area (Å²) < 4.78 is 5.10. The third-order valence-electron chi connectivity index (χ3n) is 3.75. The lowest BCUT2D eigenvalue weighted by Crippen LogP contribution is -2.41. The van der Waals surface area contributed by atoms with Gasteiger partial charge in [0.15, 0.2) is 0 Å². The van der Waals surface area contributed by atoms with E-state index >= 15 is 0 Å². The van der Waals surface area contributed by atoms with Crippen LogP contribution >= 0.6 is 11.3 Å². The van der Waals surface area contributed by atoms with Gasteiger partial charge in [0, 0.05) is 11.1 Å². The minimum atomic E-state index is -0.743. The molecule has 138 valence electrons. The van der Waals surface area contributed by atoms with Gasteiger partial charge in [-0.05, 0) is 25.1 Å². The molecule has 7 nitrogen and oxygen atoms in total. The van der Waals surface area contributed by atoms with Crippen LogP contribution in [-0.4, -0.2) is 35.2 Å². The number of carbonyl (C=O) groups excluding carboxylic acids is 2. The number of rotatable bonds is 6. The summed E-state index contributed by atoms with van der Waals surface area (Å²) in [6.45, 7) is 1.60. The van der Waals surface area contributed by atoms with Gasteiger partial charge in [0.1, 0.15) is 16.8 Å². The molecule has 0 fully saturated rings. The van der Waals surface area contributed by atoms with E-state index in [2.05, 4.69) is 20.8 Å². The van der Waals surface area contributed by atoms with E-state index in [0.717, 1.165) is 5.56 Å². The average Bonchev–Trinajstić information content (AvgIpc) is 3.17. The number of hydrogen-bond donors (Lipinski definition) is 2. The lowest BCUT2D eigenvalue weighted by molar-refractivity contribution is -0.117. The molecule has 0 radical (unpaired) electrons. The standard InChI is InChI=1S/C19H18N4O3S/c1-12(20-17(25)14-9-6-10-15(11-14)26-2)16(24)21-19-23-22-18(27-19)13-7-4-3-5-8-13/h3-12H,1-2H3,(H,20,25)(H,21,23,24)/t12-/m1/s1. The number of amides is 2. The molecule has 8 heteroatoms. The van der Waals surface area contributed by atoms with Gasteiger partial charge >= 0.3 is 0 Å². The Bertz CT molecular complexity index is 943. The van der Waals surface area contributed by atoms with Gasteiger partial charge in [-0.2, -0.15) is 0 Å². The molecule has 27 heavy (non-hydrogen) atoms. The second-order valence-corrected chi connectivity index (χ2v) is 6.67. The van der Waals surface area contributed by atoms with Crippen LogP contribution in [0.1, 0.15) is 17.3 Å². The van der Waals surface area contributed by atoms with Crippen molar-refractivity contribution in [3.05, 3.63) is 60.2 Å². The van der Waals surface area contributed by atoms with Crippen molar-refractivity contribution in [1.82, 2.24) is 15.5 Å². The number of benzene rings is 2. The smallest absolute Gasteiger partial charge is 0.252 e. The Balaban J connectivity index is 1.61. The summed E-state index contributed by atoms with van der Waals surface area (Å²) in [6.07, 6.45) is 0. The van der Waals surface area contributed by atoms with E-state index < -0.39 is 6.04 Å². The average molecular weight is 382 g/mol. The third kappa shape index (κ3) is 4.68. The summed E-state index contributed by atoms with van der Waals surface area (Å²) >= 11 is 1.27. The molecule has 0 unspecified atom stereocenters. The van der Waals surface area contributed by atoms with Gasteiger partial charge in [-0.3, -0.25) is 14.9 Å². The molecule has 3 aromatic rings. The molecule has 3 rings (SSSR count). The zero-order valence-electron chi connectivity index (χ0n) is 14.8. The molecule has 0 aliphatic heterocycles. The van der Waals surface area contributed by atoms with Crippen molar-refractivity contribution in [2.24, 2.45) is 0 Å². The van der Waals surface area contributed by atoms with Crippen LogP contribution in [0.3, 0.4) is 0 Å². The molecule has 0 aliphatic carbocycles. The number of aromatic nitrogens is 2. The molecular weight excluding hydrogens is 364 g/mol. The lowest BCUT2D eigenvalue weighted by Gasteiger charge is -2.13. The first kappa shape index (κ1) is 18.5. The fraction of sp³-hybridized carbons (Fsp3) is 0.158. The Morgan fingerprint density at radius 2 is 1.85 bits per heavy atom. The topological polar surface area (TPSA) is 93.2 Å². The molecule has 1 aromatic heterocycles. The van der Waals surface area contributed by atoms with Gasteiger partial charge in [0.05, 0.1) is 7.11 Å². The van der Waals surface area contributed by atoms with Gasteiger partial charge in [0.25, 0.3) is 5.91 Å². The zero-order chi connectivity index (χ0) is 19.2. The number of ether oxygens (including phenoxy) is 1. The van der Waals surface area contributed by atoms with Crippen molar-refractivity contribution < 1.29 is 14.3 Å². The first-order valence-electron chi connectivity index (χ1n) is 8.21. The molecule has 2 aromatic carbocycles. The maximum absolute atomic E-state index is 12.3. The van der Waals surface area contributed by atoms with Crippen LogP contribution in [-0.2, 0) is 4.79 Å². The predicted octanol–water partition coefficient (Wildman–Crippen LogP) is 2.97. The molecule has 0 saturated heterocycles. The molecule has 0 bridgehead atoms. The highest BCUT2D eigenvalue weighted by molar-refractivity contribution is 7.18. The minimum absolute atomic E-state index is 0.362. The van der Waals surface area contributed by atoms with Crippen molar-refractivity contribution in [1.29, 1.82) is 0 Å². The Morgan fingerprint density at radius 1 is 1.07 bits per heavy atom. The predicted molar refractivity (Wildman–Crippen MR) is 104 cm³/mol. The van der Waals surface area contributed by atoms with E-state index in [1.807, 2.05) is 30.3 Å². The van der Waals surface area contributed by atoms with E-state index in [9.17, 15) is 9.59 Å². The second kappa shape index (κ2) is 8.41. The van der Waals surface area contributed by atoms with Crippen molar-refractivity contribution >= 4 is 28.3 Å². The van der Waals surface area contributed by atoms with Crippen molar-refractivity contribution in [3.63, 3.8) is 0 Å². The van der Waals surface area contributed by atoms with Crippen LogP contribution in [0.5, 0.6) is 5.75 Å². The molecule has 0 saturated carbocycles. The Labute approximate surface area is 160 Å². The van der Waals surface area contributed by atoms with Gasteiger partial charge in [-0.15, -0.1) is 10.2 Å². The van der Waals surface area contributed by atoms with Crippen LogP contribution < -0.4 is 15.4 Å². The fourth-order valence-corrected chi connectivity index (χ4v) is 3.05. The highest BCUT2D eigenvalue weighted by atomic mass is 32.1. The van der Waals surface area contributed by atoms with Crippen LogP contribution in [0, 0.1) is 0 Å². The first-order valence-corrected chi connectivity index (χ1v) is 9.03.